The van der Waals surface area contributed by atoms with Crippen molar-refractivity contribution in [2.45, 2.75) is 58.8 Å². The molecule has 1 aliphatic rings. The number of imidazole rings is 1. The molecule has 0 fully saturated rings. The molecule has 1 unspecified atom stereocenters. The van der Waals surface area contributed by atoms with E-state index in [1.165, 1.54) is 0 Å². The van der Waals surface area contributed by atoms with Crippen molar-refractivity contribution in [2.75, 3.05) is 6.54 Å². The Bertz CT molecular complexity index is 704. The van der Waals surface area contributed by atoms with E-state index in [1.807, 2.05) is 26.4 Å². The summed E-state index contributed by atoms with van der Waals surface area (Å²) in [6, 6.07) is 1.90. The molecule has 7 heteroatoms. The predicted octanol–water partition coefficient (Wildman–Crippen LogP) is 1.52. The molecule has 0 aliphatic carbocycles. The van der Waals surface area contributed by atoms with Crippen molar-refractivity contribution in [2.24, 2.45) is 0 Å². The van der Waals surface area contributed by atoms with Gasteiger partial charge in [-0.1, -0.05) is 6.92 Å². The second kappa shape index (κ2) is 7.17. The fourth-order valence-electron chi connectivity index (χ4n) is 3.13. The van der Waals surface area contributed by atoms with Crippen molar-refractivity contribution < 1.29 is 9.90 Å². The molecular formula is C17H25N5O2. The van der Waals surface area contributed by atoms with E-state index in [0.29, 0.717) is 25.2 Å². The maximum Gasteiger partial charge on any atom is 0.224 e. The molecule has 24 heavy (non-hydrogen) atoms. The smallest absolute Gasteiger partial charge is 0.224 e. The minimum atomic E-state index is -0.581. The van der Waals surface area contributed by atoms with Crippen LogP contribution in [-0.4, -0.2) is 41.8 Å². The van der Waals surface area contributed by atoms with Crippen molar-refractivity contribution in [3.8, 4) is 0 Å². The second-order valence-electron chi connectivity index (χ2n) is 6.27. The lowest BCUT2D eigenvalue weighted by Gasteiger charge is -2.20. The molecule has 0 spiro atoms. The average Bonchev–Trinajstić information content (AvgIpc) is 3.14. The molecule has 3 rings (SSSR count). The first kappa shape index (κ1) is 16.7. The van der Waals surface area contributed by atoms with Gasteiger partial charge in [0.25, 0.3) is 0 Å². The van der Waals surface area contributed by atoms with E-state index in [1.54, 1.807) is 13.1 Å². The van der Waals surface area contributed by atoms with Gasteiger partial charge in [-0.25, -0.2) is 4.98 Å². The summed E-state index contributed by atoms with van der Waals surface area (Å²) in [5.74, 6) is 1.16. The lowest BCUT2D eigenvalue weighted by molar-refractivity contribution is -0.132. The molecule has 0 aromatic carbocycles. The van der Waals surface area contributed by atoms with Crippen LogP contribution < -0.4 is 0 Å². The molecule has 2 aromatic rings. The zero-order chi connectivity index (χ0) is 17.1. The molecule has 1 amide bonds. The third-order valence-corrected chi connectivity index (χ3v) is 4.50. The molecule has 0 bridgehead atoms. The monoisotopic (exact) mass is 331 g/mol. The maximum absolute atomic E-state index is 12.6. The normalized spacial score (nSPS) is 15.9. The highest BCUT2D eigenvalue weighted by Crippen LogP contribution is 2.18. The Labute approximate surface area is 141 Å². The van der Waals surface area contributed by atoms with E-state index in [4.69, 9.17) is 0 Å². The number of hydrogen-bond donors (Lipinski definition) is 1. The Morgan fingerprint density at radius 3 is 3.00 bits per heavy atom. The predicted molar refractivity (Wildman–Crippen MR) is 89.1 cm³/mol. The third kappa shape index (κ3) is 3.51. The quantitative estimate of drug-likeness (QED) is 0.901. The summed E-state index contributed by atoms with van der Waals surface area (Å²) >= 11 is 0. The number of fused-ring (bicyclic) bond motifs is 1. The first-order valence-corrected chi connectivity index (χ1v) is 8.61. The summed E-state index contributed by atoms with van der Waals surface area (Å²) in [5.41, 5.74) is 1.67. The largest absolute Gasteiger partial charge is 0.387 e. The Morgan fingerprint density at radius 1 is 1.42 bits per heavy atom. The standard InChI is InChI=1S/C17H25N5O2/c1-3-16-18-6-10-20(16)9-5-17(24)21-7-4-8-22-14(12-21)11-15(19-22)13(2)23/h6,10-11,13,23H,3-5,7-9,12H2,1-2H3. The summed E-state index contributed by atoms with van der Waals surface area (Å²) in [7, 11) is 0. The molecule has 3 heterocycles. The highest BCUT2D eigenvalue weighted by molar-refractivity contribution is 5.76. The third-order valence-electron chi connectivity index (χ3n) is 4.50. The van der Waals surface area contributed by atoms with Crippen molar-refractivity contribution >= 4 is 5.91 Å². The van der Waals surface area contributed by atoms with Gasteiger partial charge in [-0.3, -0.25) is 9.48 Å². The Morgan fingerprint density at radius 2 is 2.25 bits per heavy atom. The molecule has 1 atom stereocenters. The van der Waals surface area contributed by atoms with Gasteiger partial charge in [-0.2, -0.15) is 5.10 Å². The van der Waals surface area contributed by atoms with Crippen molar-refractivity contribution in [1.29, 1.82) is 0 Å². The van der Waals surface area contributed by atoms with Gasteiger partial charge in [0.05, 0.1) is 24.0 Å². The molecule has 0 saturated heterocycles. The van der Waals surface area contributed by atoms with E-state index in [2.05, 4.69) is 17.0 Å². The second-order valence-corrected chi connectivity index (χ2v) is 6.27. The molecular weight excluding hydrogens is 306 g/mol. The Balaban J connectivity index is 1.64. The number of nitrogens with zero attached hydrogens (tertiary/aromatic N) is 5. The van der Waals surface area contributed by atoms with Gasteiger partial charge in [0, 0.05) is 44.9 Å². The van der Waals surface area contributed by atoms with Crippen LogP contribution in [0.15, 0.2) is 18.5 Å². The van der Waals surface area contributed by atoms with Gasteiger partial charge in [0.2, 0.25) is 5.91 Å². The zero-order valence-corrected chi connectivity index (χ0v) is 14.4. The molecule has 1 N–H and O–H groups in total. The highest BCUT2D eigenvalue weighted by Gasteiger charge is 2.21. The van der Waals surface area contributed by atoms with Gasteiger partial charge >= 0.3 is 0 Å². The van der Waals surface area contributed by atoms with Crippen LogP contribution in [0.2, 0.25) is 0 Å². The first-order valence-electron chi connectivity index (χ1n) is 8.61. The highest BCUT2D eigenvalue weighted by atomic mass is 16.3. The number of hydrogen-bond acceptors (Lipinski definition) is 4. The van der Waals surface area contributed by atoms with Crippen LogP contribution in [0.25, 0.3) is 0 Å². The Hall–Kier alpha value is -2.15. The van der Waals surface area contributed by atoms with Crippen LogP contribution in [0, 0.1) is 0 Å². The van der Waals surface area contributed by atoms with Crippen LogP contribution in [0.4, 0.5) is 0 Å². The molecule has 7 nitrogen and oxygen atoms in total. The average molecular weight is 331 g/mol. The van der Waals surface area contributed by atoms with Crippen molar-refractivity contribution in [1.82, 2.24) is 24.2 Å². The number of carbonyl (C=O) groups is 1. The number of aliphatic hydroxyl groups excluding tert-OH is 1. The van der Waals surface area contributed by atoms with Crippen LogP contribution in [0.3, 0.4) is 0 Å². The SMILES string of the molecule is CCc1nccn1CCC(=O)N1CCCn2nc(C(C)O)cc2C1. The van der Waals surface area contributed by atoms with Gasteiger partial charge in [0.1, 0.15) is 5.82 Å². The zero-order valence-electron chi connectivity index (χ0n) is 14.4. The maximum atomic E-state index is 12.6. The molecule has 0 saturated carbocycles. The van der Waals surface area contributed by atoms with E-state index in [-0.39, 0.29) is 5.91 Å². The van der Waals surface area contributed by atoms with Crippen molar-refractivity contribution in [3.05, 3.63) is 35.7 Å². The lowest BCUT2D eigenvalue weighted by Crippen LogP contribution is -2.31. The molecule has 130 valence electrons. The number of amides is 1. The summed E-state index contributed by atoms with van der Waals surface area (Å²) in [6.45, 7) is 6.53. The summed E-state index contributed by atoms with van der Waals surface area (Å²) in [5, 5.41) is 14.1. The number of rotatable bonds is 5. The number of aliphatic hydroxyl groups is 1. The first-order chi connectivity index (χ1) is 11.6. The van der Waals surface area contributed by atoms with Gasteiger partial charge in [-0.05, 0) is 19.4 Å². The van der Waals surface area contributed by atoms with Crippen LogP contribution in [-0.2, 0) is 30.8 Å². The van der Waals surface area contributed by atoms with E-state index >= 15 is 0 Å². The van der Waals surface area contributed by atoms with Gasteiger partial charge in [0.15, 0.2) is 0 Å². The van der Waals surface area contributed by atoms with E-state index < -0.39 is 6.10 Å². The van der Waals surface area contributed by atoms with Crippen LogP contribution in [0.5, 0.6) is 0 Å². The molecule has 0 radical (unpaired) electrons. The number of aryl methyl sites for hydroxylation is 3. The van der Waals surface area contributed by atoms with Gasteiger partial charge < -0.3 is 14.6 Å². The summed E-state index contributed by atoms with van der Waals surface area (Å²) < 4.78 is 3.96. The minimum absolute atomic E-state index is 0.152. The fraction of sp³-hybridized carbons (Fsp3) is 0.588. The topological polar surface area (TPSA) is 76.2 Å². The van der Waals surface area contributed by atoms with Gasteiger partial charge in [-0.15, -0.1) is 0 Å². The lowest BCUT2D eigenvalue weighted by atomic mass is 10.2. The van der Waals surface area contributed by atoms with Crippen LogP contribution in [0.1, 0.15) is 50.0 Å². The molecule has 1 aliphatic heterocycles. The number of aromatic nitrogens is 4. The summed E-state index contributed by atoms with van der Waals surface area (Å²) in [4.78, 5) is 18.8. The van der Waals surface area contributed by atoms with Crippen LogP contribution >= 0.6 is 0 Å². The minimum Gasteiger partial charge on any atom is -0.387 e. The summed E-state index contributed by atoms with van der Waals surface area (Å²) in [6.07, 6.45) is 5.35. The number of carbonyl (C=O) groups excluding carboxylic acids is 1. The van der Waals surface area contributed by atoms with Crippen molar-refractivity contribution in [3.63, 3.8) is 0 Å². The fourth-order valence-corrected chi connectivity index (χ4v) is 3.13. The van der Waals surface area contributed by atoms with E-state index in [0.717, 1.165) is 37.4 Å². The molecule has 2 aromatic heterocycles. The Kier molecular flexibility index (Phi) is 4.99. The van der Waals surface area contributed by atoms with E-state index in [9.17, 15) is 9.90 Å².